The molecule has 1 heterocycles. The van der Waals surface area contributed by atoms with Crippen molar-refractivity contribution in [3.63, 3.8) is 0 Å². The molecule has 2 aromatic carbocycles. The van der Waals surface area contributed by atoms with Crippen LogP contribution in [-0.2, 0) is 4.79 Å². The molecule has 0 radical (unpaired) electrons. The van der Waals surface area contributed by atoms with Gasteiger partial charge in [0, 0.05) is 29.4 Å². The van der Waals surface area contributed by atoms with Gasteiger partial charge in [0.2, 0.25) is 5.91 Å². The minimum atomic E-state index is -0.253. The van der Waals surface area contributed by atoms with Crippen LogP contribution in [0.25, 0.3) is 10.8 Å². The second-order valence-electron chi connectivity index (χ2n) is 5.93. The number of pyridine rings is 1. The maximum atomic E-state index is 13.3. The number of nitrogens with zero attached hydrogens (tertiary/aromatic N) is 1. The predicted octanol–water partition coefficient (Wildman–Crippen LogP) is 4.12. The first-order valence-corrected chi connectivity index (χ1v) is 7.61. The van der Waals surface area contributed by atoms with Crippen LogP contribution in [0.15, 0.2) is 60.9 Å². The number of aromatic nitrogens is 1. The SMILES string of the molecule is O=C(Nc1ccc2cnccc2c1)C1CC1c1cccc(F)c1. The van der Waals surface area contributed by atoms with Gasteiger partial charge in [-0.1, -0.05) is 18.2 Å². The molecule has 1 aliphatic rings. The smallest absolute Gasteiger partial charge is 0.228 e. The van der Waals surface area contributed by atoms with Gasteiger partial charge in [0.05, 0.1) is 0 Å². The zero-order chi connectivity index (χ0) is 15.8. The third kappa shape index (κ3) is 2.80. The molecule has 1 fully saturated rings. The molecule has 1 N–H and O–H groups in total. The fourth-order valence-electron chi connectivity index (χ4n) is 2.99. The number of nitrogens with one attached hydrogen (secondary N) is 1. The lowest BCUT2D eigenvalue weighted by atomic mass is 10.1. The number of fused-ring (bicyclic) bond motifs is 1. The van der Waals surface area contributed by atoms with E-state index in [0.717, 1.165) is 28.4 Å². The molecule has 1 aliphatic carbocycles. The van der Waals surface area contributed by atoms with Crippen molar-refractivity contribution in [2.24, 2.45) is 5.92 Å². The number of hydrogen-bond acceptors (Lipinski definition) is 2. The zero-order valence-electron chi connectivity index (χ0n) is 12.4. The lowest BCUT2D eigenvalue weighted by molar-refractivity contribution is -0.117. The van der Waals surface area contributed by atoms with E-state index in [-0.39, 0.29) is 23.6 Å². The van der Waals surface area contributed by atoms with E-state index in [1.807, 2.05) is 30.3 Å². The highest BCUT2D eigenvalue weighted by Crippen LogP contribution is 2.48. The molecular formula is C19H15FN2O. The summed E-state index contributed by atoms with van der Waals surface area (Å²) in [5.41, 5.74) is 1.67. The van der Waals surface area contributed by atoms with Gasteiger partial charge >= 0.3 is 0 Å². The minimum absolute atomic E-state index is 0.00679. The van der Waals surface area contributed by atoms with E-state index in [9.17, 15) is 9.18 Å². The van der Waals surface area contributed by atoms with Gasteiger partial charge in [-0.15, -0.1) is 0 Å². The van der Waals surface area contributed by atoms with Crippen molar-refractivity contribution in [2.75, 3.05) is 5.32 Å². The fourth-order valence-corrected chi connectivity index (χ4v) is 2.99. The van der Waals surface area contributed by atoms with Crippen LogP contribution in [-0.4, -0.2) is 10.9 Å². The number of carbonyl (C=O) groups is 1. The summed E-state index contributed by atoms with van der Waals surface area (Å²) >= 11 is 0. The third-order valence-electron chi connectivity index (χ3n) is 4.31. The molecule has 1 amide bonds. The van der Waals surface area contributed by atoms with Gasteiger partial charge in [-0.05, 0) is 53.6 Å². The van der Waals surface area contributed by atoms with Crippen LogP contribution in [0.5, 0.6) is 0 Å². The first-order chi connectivity index (χ1) is 11.2. The van der Waals surface area contributed by atoms with E-state index in [1.54, 1.807) is 18.5 Å². The van der Waals surface area contributed by atoms with Crippen LogP contribution in [0.3, 0.4) is 0 Å². The summed E-state index contributed by atoms with van der Waals surface area (Å²) in [6.07, 6.45) is 4.30. The first kappa shape index (κ1) is 13.9. The van der Waals surface area contributed by atoms with Gasteiger partial charge in [0.1, 0.15) is 5.82 Å². The molecule has 2 unspecified atom stereocenters. The number of benzene rings is 2. The van der Waals surface area contributed by atoms with Crippen molar-refractivity contribution in [2.45, 2.75) is 12.3 Å². The largest absolute Gasteiger partial charge is 0.326 e. The summed E-state index contributed by atoms with van der Waals surface area (Å²) in [6, 6.07) is 14.2. The Kier molecular flexibility index (Phi) is 3.30. The Balaban J connectivity index is 1.48. The molecule has 4 heteroatoms. The lowest BCUT2D eigenvalue weighted by Gasteiger charge is -2.06. The van der Waals surface area contributed by atoms with Crippen LogP contribution >= 0.6 is 0 Å². The molecule has 2 atom stereocenters. The topological polar surface area (TPSA) is 42.0 Å². The van der Waals surface area contributed by atoms with Gasteiger partial charge < -0.3 is 5.32 Å². The summed E-state index contributed by atoms with van der Waals surface area (Å²) < 4.78 is 13.3. The predicted molar refractivity (Wildman–Crippen MR) is 87.6 cm³/mol. The second-order valence-corrected chi connectivity index (χ2v) is 5.93. The Morgan fingerprint density at radius 3 is 2.91 bits per heavy atom. The van der Waals surface area contributed by atoms with Crippen LogP contribution < -0.4 is 5.32 Å². The quantitative estimate of drug-likeness (QED) is 0.791. The first-order valence-electron chi connectivity index (χ1n) is 7.61. The van der Waals surface area contributed by atoms with E-state index in [4.69, 9.17) is 0 Å². The molecule has 23 heavy (non-hydrogen) atoms. The summed E-state index contributed by atoms with van der Waals surface area (Å²) in [4.78, 5) is 16.4. The van der Waals surface area contributed by atoms with Crippen LogP contribution in [0, 0.1) is 11.7 Å². The average molecular weight is 306 g/mol. The van der Waals surface area contributed by atoms with Crippen LogP contribution in [0.4, 0.5) is 10.1 Å². The van der Waals surface area contributed by atoms with Crippen molar-refractivity contribution in [1.82, 2.24) is 4.98 Å². The average Bonchev–Trinajstić information content (AvgIpc) is 3.35. The summed E-state index contributed by atoms with van der Waals surface area (Å²) in [6.45, 7) is 0. The minimum Gasteiger partial charge on any atom is -0.326 e. The maximum absolute atomic E-state index is 13.3. The molecule has 1 saturated carbocycles. The fraction of sp³-hybridized carbons (Fsp3) is 0.158. The van der Waals surface area contributed by atoms with Crippen molar-refractivity contribution in [1.29, 1.82) is 0 Å². The number of halogens is 1. The number of carbonyl (C=O) groups excluding carboxylic acids is 1. The summed E-state index contributed by atoms with van der Waals surface area (Å²) in [5, 5.41) is 5.03. The molecule has 3 nitrogen and oxygen atoms in total. The summed E-state index contributed by atoms with van der Waals surface area (Å²) in [7, 11) is 0. The van der Waals surface area contributed by atoms with Gasteiger partial charge in [0.15, 0.2) is 0 Å². The molecule has 3 aromatic rings. The van der Waals surface area contributed by atoms with E-state index >= 15 is 0 Å². The Morgan fingerprint density at radius 1 is 1.13 bits per heavy atom. The maximum Gasteiger partial charge on any atom is 0.228 e. The van der Waals surface area contributed by atoms with E-state index < -0.39 is 0 Å². The normalized spacial score (nSPS) is 19.5. The number of amides is 1. The van der Waals surface area contributed by atoms with Gasteiger partial charge in [-0.2, -0.15) is 0 Å². The highest BCUT2D eigenvalue weighted by Gasteiger charge is 2.44. The molecule has 0 saturated heterocycles. The Morgan fingerprint density at radius 2 is 2.04 bits per heavy atom. The van der Waals surface area contributed by atoms with Gasteiger partial charge in [-0.25, -0.2) is 4.39 Å². The molecule has 0 aliphatic heterocycles. The van der Waals surface area contributed by atoms with Crippen molar-refractivity contribution in [3.8, 4) is 0 Å². The van der Waals surface area contributed by atoms with E-state index in [2.05, 4.69) is 10.3 Å². The number of hydrogen-bond donors (Lipinski definition) is 1. The van der Waals surface area contributed by atoms with Crippen molar-refractivity contribution in [3.05, 3.63) is 72.3 Å². The number of anilines is 1. The molecule has 0 spiro atoms. The van der Waals surface area contributed by atoms with E-state index in [1.165, 1.54) is 12.1 Å². The number of rotatable bonds is 3. The monoisotopic (exact) mass is 306 g/mol. The highest BCUT2D eigenvalue weighted by atomic mass is 19.1. The standard InChI is InChI=1S/C19H15FN2O/c20-15-3-1-2-13(8-15)17-10-18(17)19(23)22-16-5-4-14-11-21-7-6-12(14)9-16/h1-9,11,17-18H,10H2,(H,22,23). The van der Waals surface area contributed by atoms with Crippen molar-refractivity contribution >= 4 is 22.4 Å². The Hall–Kier alpha value is -2.75. The highest BCUT2D eigenvalue weighted by molar-refractivity contribution is 5.97. The van der Waals surface area contributed by atoms with Gasteiger partial charge in [0.25, 0.3) is 0 Å². The third-order valence-corrected chi connectivity index (χ3v) is 4.31. The Bertz CT molecular complexity index is 893. The zero-order valence-corrected chi connectivity index (χ0v) is 12.4. The molecule has 4 rings (SSSR count). The lowest BCUT2D eigenvalue weighted by Crippen LogP contribution is -2.14. The van der Waals surface area contributed by atoms with Crippen molar-refractivity contribution < 1.29 is 9.18 Å². The second kappa shape index (κ2) is 5.47. The Labute approximate surface area is 133 Å². The summed E-state index contributed by atoms with van der Waals surface area (Å²) in [5.74, 6) is -0.218. The van der Waals surface area contributed by atoms with Gasteiger partial charge in [-0.3, -0.25) is 9.78 Å². The van der Waals surface area contributed by atoms with Crippen LogP contribution in [0.2, 0.25) is 0 Å². The molecule has 114 valence electrons. The molecule has 1 aromatic heterocycles. The molecular weight excluding hydrogens is 291 g/mol. The molecule has 0 bridgehead atoms. The van der Waals surface area contributed by atoms with E-state index in [0.29, 0.717) is 0 Å². The van der Waals surface area contributed by atoms with Crippen LogP contribution in [0.1, 0.15) is 17.9 Å².